The number of hydrogen-bond acceptors (Lipinski definition) is 3. The van der Waals surface area contributed by atoms with Crippen LogP contribution in [0.5, 0.6) is 17.2 Å². The van der Waals surface area contributed by atoms with Gasteiger partial charge >= 0.3 is 5.97 Å². The zero-order chi connectivity index (χ0) is 28.3. The molecule has 0 fully saturated rings. The maximum atomic E-state index is 13.2. The molecule has 3 rings (SSSR count). The van der Waals surface area contributed by atoms with Gasteiger partial charge in [0, 0.05) is 0 Å². The molecule has 0 radical (unpaired) electrons. The van der Waals surface area contributed by atoms with Gasteiger partial charge in [0.2, 0.25) is 0 Å². The summed E-state index contributed by atoms with van der Waals surface area (Å²) in [5.74, 6) is 1.44. The molecule has 3 aromatic rings. The van der Waals surface area contributed by atoms with E-state index in [9.17, 15) is 4.79 Å². The molecule has 0 spiro atoms. The summed E-state index contributed by atoms with van der Waals surface area (Å²) in [4.78, 5) is 13.2. The lowest BCUT2D eigenvalue weighted by Gasteiger charge is -2.12. The van der Waals surface area contributed by atoms with Gasteiger partial charge < -0.3 is 9.47 Å². The molecule has 0 atom stereocenters. The minimum absolute atomic E-state index is 0.400. The third-order valence-corrected chi connectivity index (χ3v) is 7.48. The Labute approximate surface area is 243 Å². The molecular weight excluding hydrogens is 492 g/mol. The van der Waals surface area contributed by atoms with Crippen molar-refractivity contribution in [3.05, 3.63) is 89.5 Å². The zero-order valence-electron chi connectivity index (χ0n) is 25.0. The van der Waals surface area contributed by atoms with Crippen molar-refractivity contribution in [1.29, 1.82) is 0 Å². The Morgan fingerprint density at radius 1 is 0.550 bits per heavy atom. The lowest BCUT2D eigenvalue weighted by atomic mass is 10.0. The molecule has 3 aromatic carbocycles. The largest absolute Gasteiger partial charge is 0.456 e. The normalized spacial score (nSPS) is 10.9. The Kier molecular flexibility index (Phi) is 15.0. The van der Waals surface area contributed by atoms with E-state index in [4.69, 9.17) is 9.47 Å². The monoisotopic (exact) mass is 542 g/mol. The van der Waals surface area contributed by atoms with Crippen LogP contribution in [0.3, 0.4) is 0 Å². The molecule has 0 aliphatic heterocycles. The van der Waals surface area contributed by atoms with E-state index in [2.05, 4.69) is 32.0 Å². The van der Waals surface area contributed by atoms with Crippen molar-refractivity contribution < 1.29 is 14.3 Å². The highest BCUT2D eigenvalue weighted by atomic mass is 16.5. The molecule has 0 saturated heterocycles. The van der Waals surface area contributed by atoms with Crippen molar-refractivity contribution in [1.82, 2.24) is 0 Å². The van der Waals surface area contributed by atoms with Gasteiger partial charge in [-0.15, -0.1) is 0 Å². The summed E-state index contributed by atoms with van der Waals surface area (Å²) in [7, 11) is 0. The number of para-hydroxylation sites is 1. The van der Waals surface area contributed by atoms with Crippen LogP contribution in [0.15, 0.2) is 72.8 Å². The van der Waals surface area contributed by atoms with Crippen LogP contribution in [-0.2, 0) is 12.8 Å². The number of benzene rings is 3. The molecule has 0 N–H and O–H groups in total. The molecule has 0 heterocycles. The first kappa shape index (κ1) is 31.5. The average molecular weight is 543 g/mol. The highest BCUT2D eigenvalue weighted by molar-refractivity contribution is 5.94. The standard InChI is InChI=1S/C37H50O3/c1-3-5-7-9-11-13-15-21-31-23-19-25-33(29-31)39-36-28-18-17-27-35(36)37(38)40-34-26-20-24-32(30-34)22-16-14-12-10-8-6-4-2/h17-20,23-30H,3-16,21-22H2,1-2H3. The summed E-state index contributed by atoms with van der Waals surface area (Å²) < 4.78 is 12.0. The number of hydrogen-bond donors (Lipinski definition) is 0. The number of carbonyl (C=O) groups excluding carboxylic acids is 1. The molecular formula is C37H50O3. The highest BCUT2D eigenvalue weighted by Crippen LogP contribution is 2.28. The lowest BCUT2D eigenvalue weighted by Crippen LogP contribution is -2.10. The number of rotatable bonds is 20. The van der Waals surface area contributed by atoms with Gasteiger partial charge in [-0.25, -0.2) is 4.79 Å². The van der Waals surface area contributed by atoms with Crippen LogP contribution in [0.1, 0.15) is 125 Å². The van der Waals surface area contributed by atoms with Crippen molar-refractivity contribution in [2.24, 2.45) is 0 Å². The summed E-state index contributed by atoms with van der Waals surface area (Å²) in [6, 6.07) is 23.5. The van der Waals surface area contributed by atoms with E-state index in [1.807, 2.05) is 48.5 Å². The summed E-state index contributed by atoms with van der Waals surface area (Å²) in [5.41, 5.74) is 2.91. The van der Waals surface area contributed by atoms with Gasteiger partial charge in [-0.05, 0) is 73.2 Å². The van der Waals surface area contributed by atoms with Crippen LogP contribution in [0.4, 0.5) is 0 Å². The smallest absolute Gasteiger partial charge is 0.347 e. The second kappa shape index (κ2) is 19.1. The minimum atomic E-state index is -0.400. The van der Waals surface area contributed by atoms with Gasteiger partial charge in [0.15, 0.2) is 0 Å². The Balaban J connectivity index is 1.51. The van der Waals surface area contributed by atoms with Gasteiger partial charge in [0.25, 0.3) is 0 Å². The van der Waals surface area contributed by atoms with E-state index >= 15 is 0 Å². The van der Waals surface area contributed by atoms with Crippen molar-refractivity contribution in [2.45, 2.75) is 117 Å². The second-order valence-corrected chi connectivity index (χ2v) is 11.0. The predicted octanol–water partition coefficient (Wildman–Crippen LogP) is 11.3. The Morgan fingerprint density at radius 3 is 1.65 bits per heavy atom. The Hall–Kier alpha value is -3.07. The molecule has 40 heavy (non-hydrogen) atoms. The second-order valence-electron chi connectivity index (χ2n) is 11.0. The average Bonchev–Trinajstić information content (AvgIpc) is 2.97. The maximum Gasteiger partial charge on any atom is 0.347 e. The van der Waals surface area contributed by atoms with Gasteiger partial charge in [-0.3, -0.25) is 0 Å². The van der Waals surface area contributed by atoms with Crippen molar-refractivity contribution in [3.8, 4) is 17.2 Å². The molecule has 216 valence electrons. The number of aryl methyl sites for hydroxylation is 2. The topological polar surface area (TPSA) is 35.5 Å². The van der Waals surface area contributed by atoms with Crippen LogP contribution in [0.2, 0.25) is 0 Å². The van der Waals surface area contributed by atoms with Crippen LogP contribution in [0.25, 0.3) is 0 Å². The Morgan fingerprint density at radius 2 is 1.05 bits per heavy atom. The van der Waals surface area contributed by atoms with E-state index < -0.39 is 5.97 Å². The van der Waals surface area contributed by atoms with E-state index in [0.717, 1.165) is 25.0 Å². The minimum Gasteiger partial charge on any atom is -0.456 e. The fourth-order valence-electron chi connectivity index (χ4n) is 5.11. The van der Waals surface area contributed by atoms with Crippen LogP contribution < -0.4 is 9.47 Å². The molecule has 0 aromatic heterocycles. The molecule has 0 amide bonds. The van der Waals surface area contributed by atoms with Gasteiger partial charge in [0.05, 0.1) is 0 Å². The SMILES string of the molecule is CCCCCCCCCc1cccc(OC(=O)c2ccccc2Oc2cccc(CCCCCCCCC)c2)c1. The predicted molar refractivity (Wildman–Crippen MR) is 168 cm³/mol. The number of ether oxygens (including phenoxy) is 2. The number of unbranched alkanes of at least 4 members (excludes halogenated alkanes) is 12. The van der Waals surface area contributed by atoms with E-state index in [-0.39, 0.29) is 0 Å². The molecule has 3 nitrogen and oxygen atoms in total. The summed E-state index contributed by atoms with van der Waals surface area (Å²) >= 11 is 0. The zero-order valence-corrected chi connectivity index (χ0v) is 25.0. The van der Waals surface area contributed by atoms with Crippen LogP contribution >= 0.6 is 0 Å². The highest BCUT2D eigenvalue weighted by Gasteiger charge is 2.16. The first-order valence-corrected chi connectivity index (χ1v) is 15.9. The van der Waals surface area contributed by atoms with Crippen LogP contribution in [-0.4, -0.2) is 5.97 Å². The molecule has 3 heteroatoms. The van der Waals surface area contributed by atoms with Crippen molar-refractivity contribution in [2.75, 3.05) is 0 Å². The van der Waals surface area contributed by atoms with Crippen molar-refractivity contribution >= 4 is 5.97 Å². The lowest BCUT2D eigenvalue weighted by molar-refractivity contribution is 0.0732. The van der Waals surface area contributed by atoms with E-state index in [0.29, 0.717) is 17.1 Å². The molecule has 0 bridgehead atoms. The number of carbonyl (C=O) groups is 1. The summed E-state index contributed by atoms with van der Waals surface area (Å²) in [6.07, 6.45) is 20.2. The van der Waals surface area contributed by atoms with Crippen LogP contribution in [0, 0.1) is 0 Å². The van der Waals surface area contributed by atoms with E-state index in [1.54, 1.807) is 6.07 Å². The van der Waals surface area contributed by atoms with Gasteiger partial charge in [0.1, 0.15) is 22.8 Å². The fraction of sp³-hybridized carbons (Fsp3) is 0.486. The molecule has 0 aliphatic rings. The van der Waals surface area contributed by atoms with Gasteiger partial charge in [-0.1, -0.05) is 127 Å². The summed E-state index contributed by atoms with van der Waals surface area (Å²) in [6.45, 7) is 4.51. The fourth-order valence-corrected chi connectivity index (χ4v) is 5.11. The first-order chi connectivity index (χ1) is 19.7. The number of esters is 1. The molecule has 0 saturated carbocycles. The molecule has 0 unspecified atom stereocenters. The quantitative estimate of drug-likeness (QED) is 0.0809. The van der Waals surface area contributed by atoms with Gasteiger partial charge in [-0.2, -0.15) is 0 Å². The maximum absolute atomic E-state index is 13.2. The molecule has 0 aliphatic carbocycles. The third-order valence-electron chi connectivity index (χ3n) is 7.48. The first-order valence-electron chi connectivity index (χ1n) is 15.9. The third kappa shape index (κ3) is 12.0. The van der Waals surface area contributed by atoms with E-state index in [1.165, 1.54) is 94.6 Å². The summed E-state index contributed by atoms with van der Waals surface area (Å²) in [5, 5.41) is 0. The van der Waals surface area contributed by atoms with Crippen molar-refractivity contribution in [3.63, 3.8) is 0 Å². The Bertz CT molecular complexity index is 1120.